The Hall–Kier alpha value is -1.91. The second-order valence-corrected chi connectivity index (χ2v) is 4.73. The number of esters is 1. The third-order valence-corrected chi connectivity index (χ3v) is 3.48. The van der Waals surface area contributed by atoms with Crippen molar-refractivity contribution in [3.8, 4) is 0 Å². The Morgan fingerprint density at radius 2 is 1.95 bits per heavy atom. The summed E-state index contributed by atoms with van der Waals surface area (Å²) in [6.45, 7) is 0. The number of methoxy groups -OCH3 is 1. The van der Waals surface area contributed by atoms with E-state index in [9.17, 15) is 9.90 Å². The van der Waals surface area contributed by atoms with Gasteiger partial charge in [-0.1, -0.05) is 36.4 Å². The van der Waals surface area contributed by atoms with Gasteiger partial charge in [0.1, 0.15) is 0 Å². The van der Waals surface area contributed by atoms with E-state index in [0.717, 1.165) is 16.3 Å². The molecular formula is C16H19NO3. The van der Waals surface area contributed by atoms with Gasteiger partial charge in [-0.2, -0.15) is 0 Å². The lowest BCUT2D eigenvalue weighted by atomic mass is 9.97. The molecule has 0 saturated heterocycles. The summed E-state index contributed by atoms with van der Waals surface area (Å²) >= 11 is 0. The van der Waals surface area contributed by atoms with Gasteiger partial charge in [-0.05, 0) is 29.4 Å². The Morgan fingerprint density at radius 3 is 2.60 bits per heavy atom. The number of carbonyl (C=O) groups excluding carboxylic acids is 1. The van der Waals surface area contributed by atoms with E-state index < -0.39 is 6.10 Å². The lowest BCUT2D eigenvalue weighted by molar-refractivity contribution is -0.141. The van der Waals surface area contributed by atoms with Gasteiger partial charge < -0.3 is 15.2 Å². The van der Waals surface area contributed by atoms with Crippen LogP contribution in [0.4, 0.5) is 0 Å². The van der Waals surface area contributed by atoms with Crippen molar-refractivity contribution >= 4 is 16.7 Å². The maximum Gasteiger partial charge on any atom is 0.307 e. The molecule has 2 unspecified atom stereocenters. The minimum atomic E-state index is -0.760. The van der Waals surface area contributed by atoms with Crippen LogP contribution in [0.2, 0.25) is 0 Å². The highest BCUT2D eigenvalue weighted by Crippen LogP contribution is 2.23. The lowest BCUT2D eigenvalue weighted by Gasteiger charge is -2.22. The normalized spacial score (nSPS) is 13.9. The topological polar surface area (TPSA) is 58.6 Å². The smallest absolute Gasteiger partial charge is 0.307 e. The molecule has 0 fully saturated rings. The molecule has 2 atom stereocenters. The lowest BCUT2D eigenvalue weighted by Crippen LogP contribution is -2.34. The fraction of sp³-hybridized carbons (Fsp3) is 0.312. The van der Waals surface area contributed by atoms with E-state index in [0.29, 0.717) is 0 Å². The third-order valence-electron chi connectivity index (χ3n) is 3.48. The first-order valence-electron chi connectivity index (χ1n) is 6.56. The molecule has 20 heavy (non-hydrogen) atoms. The van der Waals surface area contributed by atoms with E-state index in [-0.39, 0.29) is 18.4 Å². The average Bonchev–Trinajstić information content (AvgIpc) is 2.51. The number of aliphatic hydroxyl groups is 1. The molecule has 0 radical (unpaired) electrons. The van der Waals surface area contributed by atoms with Gasteiger partial charge in [0.25, 0.3) is 0 Å². The number of ether oxygens (including phenoxy) is 1. The Bertz CT molecular complexity index is 597. The Kier molecular flexibility index (Phi) is 4.71. The quantitative estimate of drug-likeness (QED) is 0.818. The van der Waals surface area contributed by atoms with Gasteiger partial charge in [0, 0.05) is 6.04 Å². The molecule has 2 aromatic rings. The number of benzene rings is 2. The molecule has 0 spiro atoms. The van der Waals surface area contributed by atoms with Crippen LogP contribution in [0.3, 0.4) is 0 Å². The van der Waals surface area contributed by atoms with Gasteiger partial charge in [-0.3, -0.25) is 4.79 Å². The summed E-state index contributed by atoms with van der Waals surface area (Å²) in [6, 6.07) is 13.4. The van der Waals surface area contributed by atoms with Crippen molar-refractivity contribution in [2.75, 3.05) is 14.2 Å². The minimum absolute atomic E-state index is 0.126. The second kappa shape index (κ2) is 6.50. The van der Waals surface area contributed by atoms with Crippen LogP contribution < -0.4 is 5.32 Å². The van der Waals surface area contributed by atoms with Crippen molar-refractivity contribution in [3.63, 3.8) is 0 Å². The van der Waals surface area contributed by atoms with E-state index in [1.54, 1.807) is 7.05 Å². The molecule has 0 aliphatic carbocycles. The number of carbonyl (C=O) groups is 1. The zero-order chi connectivity index (χ0) is 14.5. The van der Waals surface area contributed by atoms with Crippen LogP contribution in [0, 0.1) is 0 Å². The standard InChI is InChI=1S/C16H19NO3/c1-17-14(10-15(18)20-2)16(19)13-8-7-11-5-3-4-6-12(11)9-13/h3-9,14,16-17,19H,10H2,1-2H3. The van der Waals surface area contributed by atoms with Crippen molar-refractivity contribution in [2.45, 2.75) is 18.6 Å². The van der Waals surface area contributed by atoms with Gasteiger partial charge in [-0.15, -0.1) is 0 Å². The molecule has 0 heterocycles. The molecule has 0 amide bonds. The molecule has 2 rings (SSSR count). The highest BCUT2D eigenvalue weighted by molar-refractivity contribution is 5.83. The minimum Gasteiger partial charge on any atom is -0.469 e. The highest BCUT2D eigenvalue weighted by Gasteiger charge is 2.22. The van der Waals surface area contributed by atoms with Crippen molar-refractivity contribution in [1.82, 2.24) is 5.32 Å². The van der Waals surface area contributed by atoms with Gasteiger partial charge in [-0.25, -0.2) is 0 Å². The first-order valence-corrected chi connectivity index (χ1v) is 6.56. The number of aliphatic hydroxyl groups excluding tert-OH is 1. The molecule has 0 aliphatic rings. The fourth-order valence-corrected chi connectivity index (χ4v) is 2.26. The first kappa shape index (κ1) is 14.5. The highest BCUT2D eigenvalue weighted by atomic mass is 16.5. The predicted molar refractivity (Wildman–Crippen MR) is 78.4 cm³/mol. The van der Waals surface area contributed by atoms with E-state index in [4.69, 9.17) is 0 Å². The van der Waals surface area contributed by atoms with Gasteiger partial charge in [0.15, 0.2) is 0 Å². The largest absolute Gasteiger partial charge is 0.469 e. The van der Waals surface area contributed by atoms with E-state index in [2.05, 4.69) is 10.1 Å². The molecule has 0 bridgehead atoms. The average molecular weight is 273 g/mol. The number of nitrogens with one attached hydrogen (secondary N) is 1. The van der Waals surface area contributed by atoms with Crippen molar-refractivity contribution in [1.29, 1.82) is 0 Å². The van der Waals surface area contributed by atoms with Crippen molar-refractivity contribution < 1.29 is 14.6 Å². The molecule has 0 aromatic heterocycles. The summed E-state index contributed by atoms with van der Waals surface area (Å²) in [5.74, 6) is -0.343. The van der Waals surface area contributed by atoms with Crippen molar-refractivity contribution in [2.24, 2.45) is 0 Å². The summed E-state index contributed by atoms with van der Waals surface area (Å²) in [6.07, 6.45) is -0.634. The van der Waals surface area contributed by atoms with Crippen LogP contribution in [0.15, 0.2) is 42.5 Å². The van der Waals surface area contributed by atoms with Gasteiger partial charge in [0.05, 0.1) is 19.6 Å². The number of likely N-dealkylation sites (N-methyl/N-ethyl adjacent to an activating group) is 1. The molecule has 4 heteroatoms. The van der Waals surface area contributed by atoms with Crippen LogP contribution in [-0.4, -0.2) is 31.3 Å². The SMILES string of the molecule is CNC(CC(=O)OC)C(O)c1ccc2ccccc2c1. The zero-order valence-corrected chi connectivity index (χ0v) is 11.7. The number of fused-ring (bicyclic) bond motifs is 1. The second-order valence-electron chi connectivity index (χ2n) is 4.73. The van der Waals surface area contributed by atoms with Crippen LogP contribution in [-0.2, 0) is 9.53 Å². The fourth-order valence-electron chi connectivity index (χ4n) is 2.26. The van der Waals surface area contributed by atoms with Crippen LogP contribution in [0.1, 0.15) is 18.1 Å². The molecule has 4 nitrogen and oxygen atoms in total. The van der Waals surface area contributed by atoms with E-state index in [1.807, 2.05) is 42.5 Å². The summed E-state index contributed by atoms with van der Waals surface area (Å²) in [7, 11) is 3.06. The summed E-state index contributed by atoms with van der Waals surface area (Å²) < 4.78 is 4.65. The molecule has 0 aliphatic heterocycles. The first-order chi connectivity index (χ1) is 9.65. The van der Waals surface area contributed by atoms with E-state index >= 15 is 0 Å². The summed E-state index contributed by atoms with van der Waals surface area (Å²) in [5, 5.41) is 15.6. The Balaban J connectivity index is 2.24. The molecule has 2 aromatic carbocycles. The summed E-state index contributed by atoms with van der Waals surface area (Å²) in [5.41, 5.74) is 0.784. The van der Waals surface area contributed by atoms with Crippen LogP contribution in [0.5, 0.6) is 0 Å². The molecule has 106 valence electrons. The van der Waals surface area contributed by atoms with E-state index in [1.165, 1.54) is 7.11 Å². The summed E-state index contributed by atoms with van der Waals surface area (Å²) in [4.78, 5) is 11.4. The Morgan fingerprint density at radius 1 is 1.25 bits per heavy atom. The molecular weight excluding hydrogens is 254 g/mol. The number of rotatable bonds is 5. The monoisotopic (exact) mass is 273 g/mol. The zero-order valence-electron chi connectivity index (χ0n) is 11.7. The maximum absolute atomic E-state index is 11.4. The van der Waals surface area contributed by atoms with Gasteiger partial charge in [0.2, 0.25) is 0 Å². The molecule has 2 N–H and O–H groups in total. The third kappa shape index (κ3) is 3.15. The predicted octanol–water partition coefficient (Wildman–Crippen LogP) is 2.02. The number of hydrogen-bond donors (Lipinski definition) is 2. The van der Waals surface area contributed by atoms with Gasteiger partial charge >= 0.3 is 5.97 Å². The van der Waals surface area contributed by atoms with Crippen LogP contribution in [0.25, 0.3) is 10.8 Å². The number of hydrogen-bond acceptors (Lipinski definition) is 4. The maximum atomic E-state index is 11.4. The molecule has 0 saturated carbocycles. The Labute approximate surface area is 118 Å². The van der Waals surface area contributed by atoms with Crippen molar-refractivity contribution in [3.05, 3.63) is 48.0 Å². The van der Waals surface area contributed by atoms with Crippen LogP contribution >= 0.6 is 0 Å².